The van der Waals surface area contributed by atoms with Crippen LogP contribution in [-0.4, -0.2) is 38.7 Å². The van der Waals surface area contributed by atoms with Crippen LogP contribution in [0.25, 0.3) is 0 Å². The molecule has 6 heteroatoms. The highest BCUT2D eigenvalue weighted by Crippen LogP contribution is 2.11. The van der Waals surface area contributed by atoms with E-state index in [1.54, 1.807) is 0 Å². The first-order valence-corrected chi connectivity index (χ1v) is 8.06. The van der Waals surface area contributed by atoms with Crippen molar-refractivity contribution < 1.29 is 19.2 Å². The molecular weight excluding hydrogens is 323 g/mol. The molecule has 1 aliphatic heterocycles. The summed E-state index contributed by atoms with van der Waals surface area (Å²) in [5, 5.41) is 9.53. The Kier molecular flexibility index (Phi) is 7.03. The summed E-state index contributed by atoms with van der Waals surface area (Å²) < 4.78 is 16.8. The number of hydrogen-bond acceptors (Lipinski definition) is 4. The second-order valence-corrected chi connectivity index (χ2v) is 5.33. The quantitative estimate of drug-likeness (QED) is 0.464. The van der Waals surface area contributed by atoms with Crippen molar-refractivity contribution in [1.29, 1.82) is 0 Å². The molecule has 0 amide bonds. The Hall–Kier alpha value is -0.395. The van der Waals surface area contributed by atoms with Crippen LogP contribution in [0.5, 0.6) is 0 Å². The van der Waals surface area contributed by atoms with Gasteiger partial charge in [0, 0.05) is 31.8 Å². The minimum Gasteiger partial charge on any atom is -0.407 e. The Morgan fingerprint density at radius 3 is 2.65 bits per heavy atom. The van der Waals surface area contributed by atoms with Crippen LogP contribution in [0.3, 0.4) is 0 Å². The molecule has 0 atom stereocenters. The maximum Gasteiger partial charge on any atom is 0.493 e. The average Bonchev–Trinajstić information content (AvgIpc) is 2.52. The van der Waals surface area contributed by atoms with E-state index in [9.17, 15) is 0 Å². The van der Waals surface area contributed by atoms with E-state index in [-0.39, 0.29) is 13.7 Å². The number of alkyl halides is 1. The zero-order valence-corrected chi connectivity index (χ0v) is 13.1. The highest BCUT2D eigenvalue weighted by Gasteiger charge is 2.25. The van der Waals surface area contributed by atoms with Gasteiger partial charge in [0.05, 0.1) is 6.61 Å². The number of hydrogen-bond donors (Lipinski definition) is 1. The van der Waals surface area contributed by atoms with E-state index < -0.39 is 0 Å². The second-order valence-electron chi connectivity index (χ2n) is 4.77. The van der Waals surface area contributed by atoms with Gasteiger partial charge in [-0.3, -0.25) is 0 Å². The number of aliphatic hydroxyl groups excluding tert-OH is 1. The summed E-state index contributed by atoms with van der Waals surface area (Å²) in [6, 6.07) is 6.28. The van der Waals surface area contributed by atoms with Gasteiger partial charge in [0.1, 0.15) is 0 Å². The smallest absolute Gasteiger partial charge is 0.407 e. The van der Waals surface area contributed by atoms with Gasteiger partial charge in [-0.2, -0.15) is 0 Å². The van der Waals surface area contributed by atoms with E-state index in [1.807, 2.05) is 0 Å². The van der Waals surface area contributed by atoms with Gasteiger partial charge < -0.3 is 19.2 Å². The molecule has 0 spiro atoms. The van der Waals surface area contributed by atoms with Gasteiger partial charge in [0.2, 0.25) is 0 Å². The highest BCUT2D eigenvalue weighted by molar-refractivity contribution is 9.08. The Morgan fingerprint density at radius 1 is 1.20 bits per heavy atom. The molecule has 110 valence electrons. The van der Waals surface area contributed by atoms with Crippen molar-refractivity contribution in [3.63, 3.8) is 0 Å². The lowest BCUT2D eigenvalue weighted by Gasteiger charge is -2.21. The van der Waals surface area contributed by atoms with Crippen molar-refractivity contribution in [2.75, 3.05) is 26.4 Å². The summed E-state index contributed by atoms with van der Waals surface area (Å²) >= 11 is 3.49. The van der Waals surface area contributed by atoms with Gasteiger partial charge in [-0.25, -0.2) is 0 Å². The number of benzene rings is 1. The van der Waals surface area contributed by atoms with E-state index in [4.69, 9.17) is 19.2 Å². The van der Waals surface area contributed by atoms with Crippen LogP contribution in [0.1, 0.15) is 24.0 Å². The molecule has 0 radical (unpaired) electrons. The molecule has 20 heavy (non-hydrogen) atoms. The summed E-state index contributed by atoms with van der Waals surface area (Å²) in [7, 11) is -0.265. The van der Waals surface area contributed by atoms with Crippen LogP contribution < -0.4 is 5.46 Å². The fraction of sp³-hybridized carbons (Fsp3) is 0.571. The molecule has 0 bridgehead atoms. The van der Waals surface area contributed by atoms with Crippen molar-refractivity contribution >= 4 is 28.5 Å². The van der Waals surface area contributed by atoms with Crippen molar-refractivity contribution in [2.45, 2.75) is 24.8 Å². The fourth-order valence-corrected chi connectivity index (χ4v) is 2.45. The third-order valence-corrected chi connectivity index (χ3v) is 3.69. The largest absolute Gasteiger partial charge is 0.493 e. The number of ether oxygens (including phenoxy) is 1. The van der Waals surface area contributed by atoms with Crippen molar-refractivity contribution in [1.82, 2.24) is 0 Å². The standard InChI is InChI=1S/C14H20BBrO4/c16-10-12-7-13(11-18-4-1-3-17)9-14(8-12)15-19-5-2-6-20-15/h7-9,17H,1-6,10-11H2. The molecule has 4 nitrogen and oxygen atoms in total. The molecule has 1 N–H and O–H groups in total. The first kappa shape index (κ1) is 16.0. The van der Waals surface area contributed by atoms with Crippen LogP contribution in [0.4, 0.5) is 0 Å². The predicted molar refractivity (Wildman–Crippen MR) is 82.3 cm³/mol. The fourth-order valence-electron chi connectivity index (χ4n) is 2.12. The predicted octanol–water partition coefficient (Wildman–Crippen LogP) is 1.61. The van der Waals surface area contributed by atoms with Gasteiger partial charge in [-0.15, -0.1) is 0 Å². The lowest BCUT2D eigenvalue weighted by Crippen LogP contribution is -2.41. The summed E-state index contributed by atoms with van der Waals surface area (Å²) in [5.41, 5.74) is 3.33. The third kappa shape index (κ3) is 4.86. The Balaban J connectivity index is 2.03. The minimum atomic E-state index is -0.265. The van der Waals surface area contributed by atoms with Gasteiger partial charge in [-0.1, -0.05) is 34.1 Å². The van der Waals surface area contributed by atoms with E-state index in [0.717, 1.165) is 36.0 Å². The molecule has 1 saturated heterocycles. The van der Waals surface area contributed by atoms with E-state index in [0.29, 0.717) is 19.6 Å². The highest BCUT2D eigenvalue weighted by atomic mass is 79.9. The summed E-state index contributed by atoms with van der Waals surface area (Å²) in [6.45, 7) is 2.76. The van der Waals surface area contributed by atoms with Crippen molar-refractivity contribution in [3.8, 4) is 0 Å². The van der Waals surface area contributed by atoms with Gasteiger partial charge in [0.15, 0.2) is 0 Å². The molecule has 1 fully saturated rings. The van der Waals surface area contributed by atoms with Crippen LogP contribution in [0.2, 0.25) is 0 Å². The number of halogens is 1. The van der Waals surface area contributed by atoms with Crippen LogP contribution in [0, 0.1) is 0 Å². The summed E-state index contributed by atoms with van der Waals surface area (Å²) in [5.74, 6) is 0. The SMILES string of the molecule is OCCCOCc1cc(CBr)cc(B2OCCCO2)c1. The van der Waals surface area contributed by atoms with Gasteiger partial charge in [-0.05, 0) is 29.4 Å². The first-order valence-electron chi connectivity index (χ1n) is 6.94. The van der Waals surface area contributed by atoms with Crippen LogP contribution in [-0.2, 0) is 26.0 Å². The molecular formula is C14H20BBrO4. The van der Waals surface area contributed by atoms with Crippen LogP contribution in [0.15, 0.2) is 18.2 Å². The third-order valence-electron chi connectivity index (χ3n) is 3.04. The normalized spacial score (nSPS) is 15.6. The first-order chi connectivity index (χ1) is 9.83. The molecule has 1 heterocycles. The lowest BCUT2D eigenvalue weighted by atomic mass is 9.76. The minimum absolute atomic E-state index is 0.163. The average molecular weight is 343 g/mol. The molecule has 2 rings (SSSR count). The zero-order chi connectivity index (χ0) is 14.2. The zero-order valence-electron chi connectivity index (χ0n) is 11.5. The van der Waals surface area contributed by atoms with Gasteiger partial charge >= 0.3 is 7.12 Å². The number of rotatable bonds is 7. The molecule has 0 aromatic heterocycles. The summed E-state index contributed by atoms with van der Waals surface area (Å²) in [6.07, 6.45) is 1.62. The summed E-state index contributed by atoms with van der Waals surface area (Å²) in [4.78, 5) is 0. The molecule has 0 unspecified atom stereocenters. The maximum atomic E-state index is 8.74. The van der Waals surface area contributed by atoms with E-state index in [2.05, 4.69) is 34.1 Å². The molecule has 0 aliphatic carbocycles. The van der Waals surface area contributed by atoms with Crippen molar-refractivity contribution in [2.24, 2.45) is 0 Å². The molecule has 1 aromatic carbocycles. The monoisotopic (exact) mass is 342 g/mol. The lowest BCUT2D eigenvalue weighted by molar-refractivity contribution is 0.104. The Labute approximate surface area is 128 Å². The molecule has 1 aliphatic rings. The maximum absolute atomic E-state index is 8.74. The Bertz CT molecular complexity index is 410. The Morgan fingerprint density at radius 2 is 1.95 bits per heavy atom. The van der Waals surface area contributed by atoms with Crippen LogP contribution >= 0.6 is 15.9 Å². The number of aliphatic hydroxyl groups is 1. The topological polar surface area (TPSA) is 47.9 Å². The second kappa shape index (κ2) is 8.80. The van der Waals surface area contributed by atoms with Crippen molar-refractivity contribution in [3.05, 3.63) is 29.3 Å². The molecule has 1 aromatic rings. The van der Waals surface area contributed by atoms with Gasteiger partial charge in [0.25, 0.3) is 0 Å². The molecule has 0 saturated carbocycles. The van der Waals surface area contributed by atoms with E-state index in [1.165, 1.54) is 5.56 Å². The van der Waals surface area contributed by atoms with E-state index >= 15 is 0 Å².